The number of imide groups is 1. The third-order valence-electron chi connectivity index (χ3n) is 6.23. The summed E-state index contributed by atoms with van der Waals surface area (Å²) in [5, 5.41) is 21.0. The number of carbonyl (C=O) groups excluding carboxylic acids is 4. The number of anilines is 1. The highest BCUT2D eigenvalue weighted by Gasteiger charge is 2.35. The minimum atomic E-state index is -1.16. The van der Waals surface area contributed by atoms with Crippen molar-refractivity contribution in [3.63, 3.8) is 0 Å². The van der Waals surface area contributed by atoms with E-state index in [1.54, 1.807) is 32.1 Å². The van der Waals surface area contributed by atoms with Crippen LogP contribution in [-0.4, -0.2) is 63.5 Å². The number of amides is 3. The number of rotatable bonds is 11. The summed E-state index contributed by atoms with van der Waals surface area (Å²) in [4.78, 5) is 58.2. The van der Waals surface area contributed by atoms with Crippen molar-refractivity contribution in [1.82, 2.24) is 4.90 Å². The summed E-state index contributed by atoms with van der Waals surface area (Å²) < 4.78 is 5.94. The van der Waals surface area contributed by atoms with Crippen LogP contribution in [0.3, 0.4) is 0 Å². The Morgan fingerprint density at radius 3 is 2.17 bits per heavy atom. The Balaban J connectivity index is 0. The summed E-state index contributed by atoms with van der Waals surface area (Å²) in [6, 6.07) is 4.56. The lowest BCUT2D eigenvalue weighted by Gasteiger charge is -2.21. The van der Waals surface area contributed by atoms with Crippen LogP contribution in [0, 0.1) is 0 Å². The molecule has 0 saturated carbocycles. The first kappa shape index (κ1) is 45.9. The number of carboxylic acid groups (broad SMARTS) is 1. The van der Waals surface area contributed by atoms with Gasteiger partial charge in [-0.25, -0.2) is 4.79 Å². The van der Waals surface area contributed by atoms with Gasteiger partial charge in [-0.2, -0.15) is 12.6 Å². The van der Waals surface area contributed by atoms with E-state index >= 15 is 0 Å². The number of hydrogen-bond donors (Lipinski definition) is 4. The Morgan fingerprint density at radius 2 is 1.69 bits per heavy atom. The monoisotopic (exact) mass is 686 g/mol. The number of aromatic carboxylic acids is 1. The predicted molar refractivity (Wildman–Crippen MR) is 197 cm³/mol. The minimum absolute atomic E-state index is 0.00194. The highest BCUT2D eigenvalue weighted by atomic mass is 32.1. The van der Waals surface area contributed by atoms with Crippen LogP contribution in [0.25, 0.3) is 5.57 Å². The third kappa shape index (κ3) is 14.3. The molecule has 0 spiro atoms. The van der Waals surface area contributed by atoms with E-state index in [0.717, 1.165) is 12.8 Å². The molecule has 10 nitrogen and oxygen atoms in total. The molecule has 1 atom stereocenters. The van der Waals surface area contributed by atoms with Gasteiger partial charge in [0.1, 0.15) is 11.5 Å². The lowest BCUT2D eigenvalue weighted by Crippen LogP contribution is -2.31. The summed E-state index contributed by atoms with van der Waals surface area (Å²) in [5.74, 6) is -1.01. The van der Waals surface area contributed by atoms with Crippen molar-refractivity contribution >= 4 is 53.9 Å². The van der Waals surface area contributed by atoms with Crippen LogP contribution < -0.4 is 5.32 Å². The molecular formula is C37H54N2O8S. The third-order valence-corrected chi connectivity index (χ3v) is 6.64. The summed E-state index contributed by atoms with van der Waals surface area (Å²) in [7, 11) is 0. The highest BCUT2D eigenvalue weighted by Crippen LogP contribution is 2.35. The smallest absolute Gasteiger partial charge is 0.336 e. The zero-order valence-corrected chi connectivity index (χ0v) is 30.9. The summed E-state index contributed by atoms with van der Waals surface area (Å²) in [6.07, 6.45) is 10.1. The molecule has 3 amide bonds. The highest BCUT2D eigenvalue weighted by molar-refractivity contribution is 7.81. The molecule has 266 valence electrons. The van der Waals surface area contributed by atoms with Gasteiger partial charge >= 0.3 is 5.97 Å². The number of hydrogen-bond acceptors (Lipinski definition) is 8. The molecule has 1 fully saturated rings. The Bertz CT molecular complexity index is 1390. The molecule has 11 heteroatoms. The summed E-state index contributed by atoms with van der Waals surface area (Å²) >= 11 is 3.99. The van der Waals surface area contributed by atoms with Crippen molar-refractivity contribution in [3.8, 4) is 0 Å². The molecule has 3 rings (SSSR count). The van der Waals surface area contributed by atoms with Gasteiger partial charge in [-0.15, -0.1) is 0 Å². The Morgan fingerprint density at radius 1 is 1.06 bits per heavy atom. The number of carboxylic acids is 1. The Hall–Kier alpha value is -4.22. The second-order valence-corrected chi connectivity index (χ2v) is 9.99. The number of carbonyl (C=O) groups is 5. The fraction of sp³-hybridized carbons (Fsp3) is 0.432. The van der Waals surface area contributed by atoms with Crippen LogP contribution >= 0.6 is 12.6 Å². The van der Waals surface area contributed by atoms with Gasteiger partial charge < -0.3 is 20.3 Å². The maximum absolute atomic E-state index is 12.2. The fourth-order valence-corrected chi connectivity index (χ4v) is 4.64. The van der Waals surface area contributed by atoms with Crippen molar-refractivity contribution in [2.75, 3.05) is 18.5 Å². The quantitative estimate of drug-likeness (QED) is 0.0614. The molecular weight excluding hydrogens is 632 g/mol. The first-order valence-electron chi connectivity index (χ1n) is 16.4. The van der Waals surface area contributed by atoms with E-state index in [0.29, 0.717) is 46.7 Å². The van der Waals surface area contributed by atoms with Crippen molar-refractivity contribution in [2.45, 2.75) is 93.7 Å². The largest absolute Gasteiger partial charge is 0.478 e. The van der Waals surface area contributed by atoms with E-state index in [4.69, 9.17) is 4.74 Å². The summed E-state index contributed by atoms with van der Waals surface area (Å²) in [6.45, 7) is 19.7. The molecule has 48 heavy (non-hydrogen) atoms. The van der Waals surface area contributed by atoms with Crippen molar-refractivity contribution in [1.29, 1.82) is 0 Å². The van der Waals surface area contributed by atoms with Crippen molar-refractivity contribution in [3.05, 3.63) is 82.4 Å². The topological polar surface area (TPSA) is 150 Å². The number of aliphatic hydroxyl groups excluding tert-OH is 1. The second kappa shape index (κ2) is 25.8. The normalized spacial score (nSPS) is 16.4. The number of nitrogens with one attached hydrogen (secondary N) is 1. The van der Waals surface area contributed by atoms with E-state index in [-0.39, 0.29) is 41.9 Å². The van der Waals surface area contributed by atoms with Crippen LogP contribution in [0.15, 0.2) is 71.2 Å². The fourth-order valence-electron chi connectivity index (χ4n) is 4.34. The van der Waals surface area contributed by atoms with Crippen LogP contribution in [0.4, 0.5) is 5.69 Å². The van der Waals surface area contributed by atoms with Gasteiger partial charge in [-0.1, -0.05) is 67.5 Å². The van der Waals surface area contributed by atoms with Crippen molar-refractivity contribution in [2.24, 2.45) is 0 Å². The maximum Gasteiger partial charge on any atom is 0.336 e. The Kier molecular flexibility index (Phi) is 24.7. The number of likely N-dealkylation sites (tertiary alicyclic amines) is 1. The number of nitrogens with zero attached hydrogens (tertiary/aromatic N) is 1. The van der Waals surface area contributed by atoms with Gasteiger partial charge in [0.2, 0.25) is 18.2 Å². The molecule has 1 aromatic carbocycles. The Labute approximate surface area is 291 Å². The van der Waals surface area contributed by atoms with E-state index in [1.807, 2.05) is 61.5 Å². The predicted octanol–water partition coefficient (Wildman–Crippen LogP) is 7.53. The molecule has 1 unspecified atom stereocenters. The SMILES string of the molecule is CC.CC.CC.CC/C=C\C(=C/CO)OC1=CC(=O)C=C(C)/C1=C(/C)c1ccc(NC=O)cc1C(=O)O.CCCN1C(=O)CC(S)C1=O. The molecule has 1 heterocycles. The number of benzene rings is 1. The van der Waals surface area contributed by atoms with E-state index in [9.17, 15) is 34.2 Å². The van der Waals surface area contributed by atoms with Crippen LogP contribution in [-0.2, 0) is 23.9 Å². The first-order chi connectivity index (χ1) is 23.0. The van der Waals surface area contributed by atoms with Gasteiger partial charge in [-0.05, 0) is 73.8 Å². The van der Waals surface area contributed by atoms with Crippen molar-refractivity contribution < 1.29 is 38.9 Å². The number of ketones is 1. The van der Waals surface area contributed by atoms with E-state index in [2.05, 4.69) is 17.9 Å². The zero-order valence-electron chi connectivity index (χ0n) is 30.0. The molecule has 3 N–H and O–H groups in total. The standard InChI is InChI=1S/C24H25NO6.C7H11NO2S.3C2H6/c1-4-5-6-19(9-10-26)31-22-13-18(28)11-15(2)23(22)16(3)20-8-7-17(25-14-27)12-21(20)24(29)30;1-2-3-8-6(9)4-5(11)7(8)10;3*1-2/h5-9,11-14,26H,4,10H2,1-3H3,(H,25,27)(H,29,30);5,11H,2-4H2,1H3;3*1-2H3/b6-5-,19-9+,23-16+;;;;. The van der Waals surface area contributed by atoms with Gasteiger partial charge in [0.05, 0.1) is 17.4 Å². The molecule has 1 aliphatic heterocycles. The van der Waals surface area contributed by atoms with Crippen LogP contribution in [0.1, 0.15) is 104 Å². The van der Waals surface area contributed by atoms with E-state index in [1.165, 1.54) is 29.2 Å². The lowest BCUT2D eigenvalue weighted by molar-refractivity contribution is -0.138. The van der Waals surface area contributed by atoms with Gasteiger partial charge in [0, 0.05) is 30.3 Å². The molecule has 1 aliphatic carbocycles. The molecule has 0 radical (unpaired) electrons. The van der Waals surface area contributed by atoms with E-state index < -0.39 is 11.2 Å². The average Bonchev–Trinajstić information content (AvgIpc) is 3.32. The second-order valence-electron chi connectivity index (χ2n) is 9.37. The summed E-state index contributed by atoms with van der Waals surface area (Å²) in [5.41, 5.74) is 2.56. The van der Waals surface area contributed by atoms with Gasteiger partial charge in [0.15, 0.2) is 5.78 Å². The van der Waals surface area contributed by atoms with Crippen LogP contribution in [0.2, 0.25) is 0 Å². The van der Waals surface area contributed by atoms with Gasteiger partial charge in [-0.3, -0.25) is 24.1 Å². The maximum atomic E-state index is 12.2. The first-order valence-corrected chi connectivity index (χ1v) is 16.9. The number of thiol groups is 1. The molecule has 0 aromatic heterocycles. The minimum Gasteiger partial charge on any atom is -0.478 e. The lowest BCUT2D eigenvalue weighted by atomic mass is 9.89. The average molecular weight is 687 g/mol. The molecule has 1 saturated heterocycles. The number of ether oxygens (including phenoxy) is 1. The molecule has 1 aromatic rings. The molecule has 0 bridgehead atoms. The molecule has 2 aliphatic rings. The number of aliphatic hydroxyl groups is 1. The van der Waals surface area contributed by atoms with Gasteiger partial charge in [0.25, 0.3) is 0 Å². The zero-order chi connectivity index (χ0) is 37.4. The number of allylic oxidation sites excluding steroid dienone is 6. The van der Waals surface area contributed by atoms with Crippen LogP contribution in [0.5, 0.6) is 0 Å².